The first kappa shape index (κ1) is 19.9. The van der Waals surface area contributed by atoms with E-state index in [2.05, 4.69) is 15.3 Å². The number of nitrogens with one attached hydrogen (secondary N) is 2. The third-order valence-electron chi connectivity index (χ3n) is 4.54. The number of thioether (sulfide) groups is 1. The summed E-state index contributed by atoms with van der Waals surface area (Å²) in [6, 6.07) is 17.3. The van der Waals surface area contributed by atoms with Gasteiger partial charge in [-0.2, -0.15) is 0 Å². The van der Waals surface area contributed by atoms with E-state index >= 15 is 0 Å². The fraction of sp³-hybridized carbons (Fsp3) is 0.136. The number of nitrogens with zero attached hydrogens (tertiary/aromatic N) is 2. The Morgan fingerprint density at radius 3 is 2.67 bits per heavy atom. The quantitative estimate of drug-likeness (QED) is 0.368. The number of hydrogen-bond acceptors (Lipinski definition) is 4. The summed E-state index contributed by atoms with van der Waals surface area (Å²) in [4.78, 5) is 33.1. The number of fused-ring (bicyclic) bond motifs is 1. The summed E-state index contributed by atoms with van der Waals surface area (Å²) < 4.78 is 15.2. The molecule has 0 saturated carbocycles. The minimum atomic E-state index is -0.363. The largest absolute Gasteiger partial charge is 0.353 e. The van der Waals surface area contributed by atoms with Gasteiger partial charge in [0.05, 0.1) is 17.0 Å². The number of aromatic nitrogens is 3. The Kier molecular flexibility index (Phi) is 5.67. The molecule has 4 rings (SSSR count). The van der Waals surface area contributed by atoms with Gasteiger partial charge >= 0.3 is 0 Å². The van der Waals surface area contributed by atoms with E-state index in [1.807, 2.05) is 37.3 Å². The van der Waals surface area contributed by atoms with Gasteiger partial charge in [-0.25, -0.2) is 9.37 Å². The molecule has 0 aliphatic heterocycles. The van der Waals surface area contributed by atoms with E-state index in [0.717, 1.165) is 17.5 Å². The van der Waals surface area contributed by atoms with Crippen molar-refractivity contribution in [2.24, 2.45) is 0 Å². The number of benzene rings is 2. The number of aromatic amines is 1. The molecule has 1 amide bonds. The second-order valence-corrected chi connectivity index (χ2v) is 7.68. The molecule has 6 nitrogen and oxygen atoms in total. The monoisotopic (exact) mass is 422 g/mol. The standard InChI is InChI=1S/C22H19FN4O2S/c1-14-11-18-20(25-14)21(29)27(16-8-3-2-4-9-16)22(26-18)30-13-19(28)24-12-15-7-5-6-10-17(15)23/h2-11,25H,12-13H2,1H3,(H,24,28). The number of hydrogen-bond donors (Lipinski definition) is 2. The SMILES string of the molecule is Cc1cc2nc(SCC(=O)NCc3ccccc3F)n(-c3ccccc3)c(=O)c2[nH]1. The van der Waals surface area contributed by atoms with E-state index in [9.17, 15) is 14.0 Å². The van der Waals surface area contributed by atoms with Crippen LogP contribution in [0, 0.1) is 12.7 Å². The van der Waals surface area contributed by atoms with Crippen LogP contribution in [0.1, 0.15) is 11.3 Å². The lowest BCUT2D eigenvalue weighted by molar-refractivity contribution is -0.118. The first-order chi connectivity index (χ1) is 14.5. The van der Waals surface area contributed by atoms with Crippen molar-refractivity contribution in [1.29, 1.82) is 0 Å². The summed E-state index contributed by atoms with van der Waals surface area (Å²) in [6.07, 6.45) is 0. The molecule has 0 bridgehead atoms. The molecule has 0 aliphatic rings. The van der Waals surface area contributed by atoms with E-state index in [-0.39, 0.29) is 29.6 Å². The predicted molar refractivity (Wildman–Crippen MR) is 115 cm³/mol. The van der Waals surface area contributed by atoms with E-state index in [0.29, 0.717) is 27.4 Å². The highest BCUT2D eigenvalue weighted by Gasteiger charge is 2.16. The maximum Gasteiger partial charge on any atom is 0.283 e. The van der Waals surface area contributed by atoms with Crippen LogP contribution in [-0.4, -0.2) is 26.2 Å². The van der Waals surface area contributed by atoms with Crippen molar-refractivity contribution < 1.29 is 9.18 Å². The molecule has 0 fully saturated rings. The zero-order valence-electron chi connectivity index (χ0n) is 16.2. The number of H-pyrrole nitrogens is 1. The number of carbonyl (C=O) groups excluding carboxylic acids is 1. The molecule has 2 N–H and O–H groups in total. The van der Waals surface area contributed by atoms with Crippen LogP contribution in [0.25, 0.3) is 16.7 Å². The van der Waals surface area contributed by atoms with Crippen molar-refractivity contribution in [2.75, 3.05) is 5.75 Å². The summed E-state index contributed by atoms with van der Waals surface area (Å²) in [5, 5.41) is 3.12. The first-order valence-electron chi connectivity index (χ1n) is 9.33. The molecular formula is C22H19FN4O2S. The molecule has 152 valence electrons. The van der Waals surface area contributed by atoms with Gasteiger partial charge in [0.25, 0.3) is 5.56 Å². The lowest BCUT2D eigenvalue weighted by atomic mass is 10.2. The maximum atomic E-state index is 13.7. The molecular weight excluding hydrogens is 403 g/mol. The second kappa shape index (κ2) is 8.54. The van der Waals surface area contributed by atoms with Gasteiger partial charge in [-0.1, -0.05) is 48.2 Å². The van der Waals surface area contributed by atoms with Crippen molar-refractivity contribution in [3.05, 3.63) is 88.1 Å². The average Bonchev–Trinajstić information content (AvgIpc) is 3.13. The third-order valence-corrected chi connectivity index (χ3v) is 5.48. The number of amides is 1. The lowest BCUT2D eigenvalue weighted by Gasteiger charge is -2.12. The van der Waals surface area contributed by atoms with E-state index in [1.165, 1.54) is 10.6 Å². The van der Waals surface area contributed by atoms with Crippen LogP contribution in [0.5, 0.6) is 0 Å². The fourth-order valence-corrected chi connectivity index (χ4v) is 3.94. The van der Waals surface area contributed by atoms with Gasteiger partial charge in [-0.3, -0.25) is 14.2 Å². The predicted octanol–water partition coefficient (Wildman–Crippen LogP) is 3.57. The summed E-state index contributed by atoms with van der Waals surface area (Å²) in [7, 11) is 0. The van der Waals surface area contributed by atoms with Crippen molar-refractivity contribution in [3.8, 4) is 5.69 Å². The molecule has 0 saturated heterocycles. The summed E-state index contributed by atoms with van der Waals surface area (Å²) in [5.41, 5.74) is 2.66. The zero-order chi connectivity index (χ0) is 21.1. The Labute approximate surface area is 176 Å². The van der Waals surface area contributed by atoms with Crippen LogP contribution in [0.2, 0.25) is 0 Å². The van der Waals surface area contributed by atoms with Crippen molar-refractivity contribution in [2.45, 2.75) is 18.6 Å². The molecule has 8 heteroatoms. The molecule has 30 heavy (non-hydrogen) atoms. The number of halogens is 1. The van der Waals surface area contributed by atoms with Gasteiger partial charge < -0.3 is 10.3 Å². The smallest absolute Gasteiger partial charge is 0.283 e. The molecule has 2 heterocycles. The highest BCUT2D eigenvalue weighted by Crippen LogP contribution is 2.21. The topological polar surface area (TPSA) is 79.8 Å². The minimum Gasteiger partial charge on any atom is -0.353 e. The van der Waals surface area contributed by atoms with Crippen LogP contribution in [0.4, 0.5) is 4.39 Å². The second-order valence-electron chi connectivity index (χ2n) is 6.74. The third kappa shape index (κ3) is 4.13. The van der Waals surface area contributed by atoms with Gasteiger partial charge in [-0.15, -0.1) is 0 Å². The van der Waals surface area contributed by atoms with Crippen molar-refractivity contribution >= 4 is 28.7 Å². The van der Waals surface area contributed by atoms with Crippen molar-refractivity contribution in [1.82, 2.24) is 19.9 Å². The normalized spacial score (nSPS) is 11.0. The Bertz CT molecular complexity index is 1270. The van der Waals surface area contributed by atoms with E-state index in [1.54, 1.807) is 24.3 Å². The molecule has 0 radical (unpaired) electrons. The Balaban J connectivity index is 1.58. The average molecular weight is 422 g/mol. The van der Waals surface area contributed by atoms with E-state index < -0.39 is 0 Å². The van der Waals surface area contributed by atoms with E-state index in [4.69, 9.17) is 0 Å². The number of carbonyl (C=O) groups is 1. The molecule has 0 spiro atoms. The van der Waals surface area contributed by atoms with Gasteiger partial charge in [0, 0.05) is 17.8 Å². The highest BCUT2D eigenvalue weighted by molar-refractivity contribution is 7.99. The maximum absolute atomic E-state index is 13.7. The van der Waals surface area contributed by atoms with Crippen LogP contribution in [-0.2, 0) is 11.3 Å². The molecule has 0 atom stereocenters. The number of aryl methyl sites for hydroxylation is 1. The van der Waals surface area contributed by atoms with Gasteiger partial charge in [0.15, 0.2) is 5.16 Å². The molecule has 2 aromatic carbocycles. The molecule has 2 aromatic heterocycles. The Hall–Kier alpha value is -3.39. The number of para-hydroxylation sites is 1. The summed E-state index contributed by atoms with van der Waals surface area (Å²) in [6.45, 7) is 1.96. The van der Waals surface area contributed by atoms with Crippen LogP contribution in [0.3, 0.4) is 0 Å². The zero-order valence-corrected chi connectivity index (χ0v) is 17.0. The summed E-state index contributed by atoms with van der Waals surface area (Å²) in [5.74, 6) is -0.594. The van der Waals surface area contributed by atoms with Crippen molar-refractivity contribution in [3.63, 3.8) is 0 Å². The van der Waals surface area contributed by atoms with Gasteiger partial charge in [0.1, 0.15) is 11.3 Å². The first-order valence-corrected chi connectivity index (χ1v) is 10.3. The van der Waals surface area contributed by atoms with Crippen LogP contribution >= 0.6 is 11.8 Å². The summed E-state index contributed by atoms with van der Waals surface area (Å²) >= 11 is 1.16. The molecule has 0 unspecified atom stereocenters. The Morgan fingerprint density at radius 2 is 1.90 bits per heavy atom. The minimum absolute atomic E-state index is 0.0443. The Morgan fingerprint density at radius 1 is 1.17 bits per heavy atom. The lowest BCUT2D eigenvalue weighted by Crippen LogP contribution is -2.26. The fourth-order valence-electron chi connectivity index (χ4n) is 3.10. The van der Waals surface area contributed by atoms with Gasteiger partial charge in [-0.05, 0) is 31.2 Å². The van der Waals surface area contributed by atoms with Gasteiger partial charge in [0.2, 0.25) is 5.91 Å². The van der Waals surface area contributed by atoms with Crippen LogP contribution < -0.4 is 10.9 Å². The molecule has 0 aliphatic carbocycles. The molecule has 4 aromatic rings. The van der Waals surface area contributed by atoms with Crippen LogP contribution in [0.15, 0.2) is 70.6 Å². The number of rotatable bonds is 6. The highest BCUT2D eigenvalue weighted by atomic mass is 32.2.